The number of nitrogens with one attached hydrogen (secondary N) is 2. The van der Waals surface area contributed by atoms with E-state index in [2.05, 4.69) is 50.2 Å². The van der Waals surface area contributed by atoms with Crippen molar-refractivity contribution in [2.45, 2.75) is 70.6 Å². The Labute approximate surface area is 124 Å². The van der Waals surface area contributed by atoms with Gasteiger partial charge in [0.05, 0.1) is 13.2 Å². The summed E-state index contributed by atoms with van der Waals surface area (Å²) in [5, 5.41) is 7.55. The lowest BCUT2D eigenvalue weighted by Gasteiger charge is -2.47. The molecule has 0 amide bonds. The number of hydrogen-bond donors (Lipinski definition) is 2. The van der Waals surface area contributed by atoms with Crippen LogP contribution in [0.2, 0.25) is 0 Å². The minimum atomic E-state index is 0.224. The first-order valence-electron chi connectivity index (χ1n) is 8.12. The maximum atomic E-state index is 5.43. The second-order valence-electron chi connectivity index (χ2n) is 7.90. The van der Waals surface area contributed by atoms with Crippen LogP contribution in [-0.2, 0) is 4.74 Å². The van der Waals surface area contributed by atoms with Crippen molar-refractivity contribution in [3.05, 3.63) is 0 Å². The third kappa shape index (κ3) is 4.69. The standard InChI is InChI=1S/C16H33N3O/c1-13(19-6-8-20-9-7-19)12-17-14-10-15(2,3)18-16(4,5)11-14/h13-14,17-18H,6-12H2,1-5H3. The van der Waals surface area contributed by atoms with Gasteiger partial charge in [0.1, 0.15) is 0 Å². The monoisotopic (exact) mass is 283 g/mol. The van der Waals surface area contributed by atoms with Crippen LogP contribution in [-0.4, -0.2) is 60.9 Å². The van der Waals surface area contributed by atoms with Gasteiger partial charge in [-0.05, 0) is 47.5 Å². The Kier molecular flexibility index (Phi) is 5.11. The Morgan fingerprint density at radius 1 is 1.15 bits per heavy atom. The lowest BCUT2D eigenvalue weighted by molar-refractivity contribution is 0.0189. The summed E-state index contributed by atoms with van der Waals surface area (Å²) >= 11 is 0. The molecule has 0 spiro atoms. The Balaban J connectivity index is 1.80. The topological polar surface area (TPSA) is 36.5 Å². The fourth-order valence-electron chi connectivity index (χ4n) is 3.95. The van der Waals surface area contributed by atoms with Gasteiger partial charge in [-0.25, -0.2) is 0 Å². The van der Waals surface area contributed by atoms with Crippen LogP contribution in [0, 0.1) is 0 Å². The molecule has 0 radical (unpaired) electrons. The first-order valence-corrected chi connectivity index (χ1v) is 8.12. The molecule has 2 fully saturated rings. The summed E-state index contributed by atoms with van der Waals surface area (Å²) in [6.07, 6.45) is 2.40. The van der Waals surface area contributed by atoms with Crippen LogP contribution in [0.25, 0.3) is 0 Å². The normalized spacial score (nSPS) is 29.2. The van der Waals surface area contributed by atoms with E-state index in [0.717, 1.165) is 32.8 Å². The van der Waals surface area contributed by atoms with Gasteiger partial charge in [0.15, 0.2) is 0 Å². The molecule has 0 saturated carbocycles. The average Bonchev–Trinajstić information content (AvgIpc) is 2.33. The molecule has 0 aromatic heterocycles. The van der Waals surface area contributed by atoms with Gasteiger partial charge in [0, 0.05) is 42.8 Å². The summed E-state index contributed by atoms with van der Waals surface area (Å²) in [5.74, 6) is 0. The number of hydrogen-bond acceptors (Lipinski definition) is 4. The molecular weight excluding hydrogens is 250 g/mol. The molecule has 2 rings (SSSR count). The highest BCUT2D eigenvalue weighted by Crippen LogP contribution is 2.28. The number of morpholine rings is 1. The van der Waals surface area contributed by atoms with Gasteiger partial charge in [-0.2, -0.15) is 0 Å². The average molecular weight is 283 g/mol. The molecule has 0 aliphatic carbocycles. The van der Waals surface area contributed by atoms with E-state index in [1.807, 2.05) is 0 Å². The Bertz CT molecular complexity index is 295. The third-order valence-corrected chi connectivity index (χ3v) is 4.56. The molecular formula is C16H33N3O. The summed E-state index contributed by atoms with van der Waals surface area (Å²) in [6.45, 7) is 16.6. The lowest BCUT2D eigenvalue weighted by atomic mass is 9.79. The highest BCUT2D eigenvalue weighted by Gasteiger charge is 2.37. The van der Waals surface area contributed by atoms with Gasteiger partial charge in [-0.3, -0.25) is 4.90 Å². The van der Waals surface area contributed by atoms with Crippen molar-refractivity contribution in [3.8, 4) is 0 Å². The minimum Gasteiger partial charge on any atom is -0.379 e. The first kappa shape index (κ1) is 16.2. The quantitative estimate of drug-likeness (QED) is 0.822. The van der Waals surface area contributed by atoms with Crippen molar-refractivity contribution < 1.29 is 4.74 Å². The molecule has 4 heteroatoms. The van der Waals surface area contributed by atoms with Crippen molar-refractivity contribution in [1.82, 2.24) is 15.5 Å². The highest BCUT2D eigenvalue weighted by molar-refractivity contribution is 4.99. The largest absolute Gasteiger partial charge is 0.379 e. The summed E-state index contributed by atoms with van der Waals surface area (Å²) in [7, 11) is 0. The highest BCUT2D eigenvalue weighted by atomic mass is 16.5. The van der Waals surface area contributed by atoms with E-state index in [-0.39, 0.29) is 11.1 Å². The molecule has 2 saturated heterocycles. The fraction of sp³-hybridized carbons (Fsp3) is 1.00. The second-order valence-corrected chi connectivity index (χ2v) is 7.90. The van der Waals surface area contributed by atoms with Crippen molar-refractivity contribution in [2.75, 3.05) is 32.8 Å². The van der Waals surface area contributed by atoms with Gasteiger partial charge >= 0.3 is 0 Å². The Morgan fingerprint density at radius 2 is 1.70 bits per heavy atom. The molecule has 4 nitrogen and oxygen atoms in total. The lowest BCUT2D eigenvalue weighted by Crippen LogP contribution is -2.62. The molecule has 2 aliphatic rings. The van der Waals surface area contributed by atoms with Crippen LogP contribution < -0.4 is 10.6 Å². The van der Waals surface area contributed by atoms with Gasteiger partial charge in [0.2, 0.25) is 0 Å². The summed E-state index contributed by atoms with van der Waals surface area (Å²) < 4.78 is 5.43. The second kappa shape index (κ2) is 6.30. The van der Waals surface area contributed by atoms with E-state index in [0.29, 0.717) is 12.1 Å². The molecule has 1 atom stereocenters. The maximum Gasteiger partial charge on any atom is 0.0594 e. The number of piperidine rings is 1. The van der Waals surface area contributed by atoms with Gasteiger partial charge in [0.25, 0.3) is 0 Å². The van der Waals surface area contributed by atoms with Crippen molar-refractivity contribution >= 4 is 0 Å². The Hall–Kier alpha value is -0.160. The van der Waals surface area contributed by atoms with E-state index in [4.69, 9.17) is 4.74 Å². The Morgan fingerprint density at radius 3 is 2.25 bits per heavy atom. The van der Waals surface area contributed by atoms with E-state index >= 15 is 0 Å². The molecule has 0 bridgehead atoms. The molecule has 0 aromatic carbocycles. The minimum absolute atomic E-state index is 0.224. The molecule has 0 aromatic rings. The summed E-state index contributed by atoms with van der Waals surface area (Å²) in [5.41, 5.74) is 0.448. The molecule has 20 heavy (non-hydrogen) atoms. The number of rotatable bonds is 4. The molecule has 2 N–H and O–H groups in total. The zero-order chi connectivity index (χ0) is 14.8. The smallest absolute Gasteiger partial charge is 0.0594 e. The van der Waals surface area contributed by atoms with E-state index in [9.17, 15) is 0 Å². The predicted octanol–water partition coefficient (Wildman–Crippen LogP) is 1.61. The molecule has 2 heterocycles. The van der Waals surface area contributed by atoms with Gasteiger partial charge in [-0.15, -0.1) is 0 Å². The van der Waals surface area contributed by atoms with Crippen molar-refractivity contribution in [2.24, 2.45) is 0 Å². The summed E-state index contributed by atoms with van der Waals surface area (Å²) in [4.78, 5) is 2.54. The predicted molar refractivity (Wildman–Crippen MR) is 84.2 cm³/mol. The van der Waals surface area contributed by atoms with E-state index < -0.39 is 0 Å². The van der Waals surface area contributed by atoms with Crippen LogP contribution in [0.4, 0.5) is 0 Å². The first-order chi connectivity index (χ1) is 9.27. The number of nitrogens with zero attached hydrogens (tertiary/aromatic N) is 1. The van der Waals surface area contributed by atoms with Crippen LogP contribution in [0.15, 0.2) is 0 Å². The SMILES string of the molecule is CC(CNC1CC(C)(C)NC(C)(C)C1)N1CCOCC1. The zero-order valence-electron chi connectivity index (χ0n) is 14.0. The maximum absolute atomic E-state index is 5.43. The van der Waals surface area contributed by atoms with Crippen molar-refractivity contribution in [3.63, 3.8) is 0 Å². The van der Waals surface area contributed by atoms with Crippen LogP contribution >= 0.6 is 0 Å². The summed E-state index contributed by atoms with van der Waals surface area (Å²) in [6, 6.07) is 1.21. The van der Waals surface area contributed by atoms with Crippen LogP contribution in [0.5, 0.6) is 0 Å². The van der Waals surface area contributed by atoms with Gasteiger partial charge < -0.3 is 15.4 Å². The number of ether oxygens (including phenoxy) is 1. The van der Waals surface area contributed by atoms with Crippen LogP contribution in [0.3, 0.4) is 0 Å². The van der Waals surface area contributed by atoms with E-state index in [1.165, 1.54) is 12.8 Å². The zero-order valence-corrected chi connectivity index (χ0v) is 14.0. The molecule has 2 aliphatic heterocycles. The van der Waals surface area contributed by atoms with E-state index in [1.54, 1.807) is 0 Å². The fourth-order valence-corrected chi connectivity index (χ4v) is 3.95. The van der Waals surface area contributed by atoms with Crippen LogP contribution in [0.1, 0.15) is 47.5 Å². The molecule has 118 valence electrons. The van der Waals surface area contributed by atoms with Gasteiger partial charge in [-0.1, -0.05) is 0 Å². The van der Waals surface area contributed by atoms with Crippen molar-refractivity contribution in [1.29, 1.82) is 0 Å². The molecule has 1 unspecified atom stereocenters. The third-order valence-electron chi connectivity index (χ3n) is 4.56.